The molecule has 84 valence electrons. The highest BCUT2D eigenvalue weighted by Gasteiger charge is 2.19. The maximum atomic E-state index is 5.78. The van der Waals surface area contributed by atoms with Gasteiger partial charge in [-0.25, -0.2) is 0 Å². The van der Waals surface area contributed by atoms with Crippen LogP contribution in [0, 0.1) is 5.92 Å². The molecule has 1 saturated heterocycles. The molecule has 0 amide bonds. The van der Waals surface area contributed by atoms with Gasteiger partial charge in [0.2, 0.25) is 0 Å². The zero-order chi connectivity index (χ0) is 10.4. The molecule has 1 fully saturated rings. The first kappa shape index (κ1) is 12.0. The first-order valence-corrected chi connectivity index (χ1v) is 6.18. The number of nitrogens with zero attached hydrogens (tertiary/aromatic N) is 1. The van der Waals surface area contributed by atoms with Crippen LogP contribution in [-0.2, 0) is 0 Å². The fraction of sp³-hybridized carbons (Fsp3) is 1.00. The summed E-state index contributed by atoms with van der Waals surface area (Å²) in [6.07, 6.45) is 6.76. The van der Waals surface area contributed by atoms with Crippen LogP contribution in [0.4, 0.5) is 0 Å². The summed E-state index contributed by atoms with van der Waals surface area (Å²) < 4.78 is 0. The Kier molecular flexibility index (Phi) is 5.49. The number of likely N-dealkylation sites (tertiary alicyclic amines) is 1. The van der Waals surface area contributed by atoms with Crippen molar-refractivity contribution in [3.05, 3.63) is 0 Å². The average molecular weight is 198 g/mol. The van der Waals surface area contributed by atoms with E-state index in [-0.39, 0.29) is 0 Å². The van der Waals surface area contributed by atoms with Crippen LogP contribution in [0.2, 0.25) is 0 Å². The second-order valence-electron chi connectivity index (χ2n) is 4.96. The predicted molar refractivity (Wildman–Crippen MR) is 62.3 cm³/mol. The third kappa shape index (κ3) is 3.97. The standard InChI is InChI=1S/C12H26N2/c1-11(2)6-5-9-14-8-4-3-7-12(14)10-13/h11-12H,3-10,13H2,1-2H3/t12-/m1/s1. The number of rotatable bonds is 5. The van der Waals surface area contributed by atoms with Crippen LogP contribution in [0.15, 0.2) is 0 Å². The summed E-state index contributed by atoms with van der Waals surface area (Å²) in [5, 5.41) is 0. The monoisotopic (exact) mass is 198 g/mol. The SMILES string of the molecule is CC(C)CCCN1CCCC[C@@H]1CN. The minimum atomic E-state index is 0.677. The summed E-state index contributed by atoms with van der Waals surface area (Å²) >= 11 is 0. The molecular weight excluding hydrogens is 172 g/mol. The zero-order valence-corrected chi connectivity index (χ0v) is 9.84. The fourth-order valence-corrected chi connectivity index (χ4v) is 2.32. The molecule has 0 aromatic heterocycles. The van der Waals surface area contributed by atoms with Gasteiger partial charge >= 0.3 is 0 Å². The van der Waals surface area contributed by atoms with Crippen molar-refractivity contribution in [3.63, 3.8) is 0 Å². The molecule has 14 heavy (non-hydrogen) atoms. The van der Waals surface area contributed by atoms with Gasteiger partial charge in [-0.3, -0.25) is 4.90 Å². The highest BCUT2D eigenvalue weighted by Crippen LogP contribution is 2.17. The Hall–Kier alpha value is -0.0800. The smallest absolute Gasteiger partial charge is 0.0218 e. The average Bonchev–Trinajstić information content (AvgIpc) is 2.18. The lowest BCUT2D eigenvalue weighted by atomic mass is 10.0. The highest BCUT2D eigenvalue weighted by atomic mass is 15.2. The van der Waals surface area contributed by atoms with E-state index in [1.54, 1.807) is 0 Å². The quantitative estimate of drug-likeness (QED) is 0.734. The fourth-order valence-electron chi connectivity index (χ4n) is 2.32. The van der Waals surface area contributed by atoms with E-state index in [1.165, 1.54) is 45.2 Å². The van der Waals surface area contributed by atoms with Crippen molar-refractivity contribution in [2.45, 2.75) is 52.0 Å². The maximum absolute atomic E-state index is 5.78. The molecule has 0 bridgehead atoms. The largest absolute Gasteiger partial charge is 0.329 e. The molecule has 1 aliphatic rings. The van der Waals surface area contributed by atoms with Gasteiger partial charge in [-0.15, -0.1) is 0 Å². The summed E-state index contributed by atoms with van der Waals surface area (Å²) in [7, 11) is 0. The third-order valence-corrected chi connectivity index (χ3v) is 3.25. The van der Waals surface area contributed by atoms with E-state index in [0.29, 0.717) is 6.04 Å². The Bertz CT molecular complexity index is 145. The maximum Gasteiger partial charge on any atom is 0.0218 e. The van der Waals surface area contributed by atoms with Crippen LogP contribution in [0.3, 0.4) is 0 Å². The normalized spacial score (nSPS) is 24.4. The van der Waals surface area contributed by atoms with Crippen LogP contribution in [0.5, 0.6) is 0 Å². The van der Waals surface area contributed by atoms with E-state index < -0.39 is 0 Å². The van der Waals surface area contributed by atoms with Crippen LogP contribution in [0.25, 0.3) is 0 Å². The van der Waals surface area contributed by atoms with E-state index in [0.717, 1.165) is 12.5 Å². The lowest BCUT2D eigenvalue weighted by Crippen LogP contribution is -2.44. The van der Waals surface area contributed by atoms with Crippen LogP contribution < -0.4 is 5.73 Å². The number of hydrogen-bond acceptors (Lipinski definition) is 2. The van der Waals surface area contributed by atoms with Gasteiger partial charge in [-0.2, -0.15) is 0 Å². The highest BCUT2D eigenvalue weighted by molar-refractivity contribution is 4.77. The Morgan fingerprint density at radius 1 is 1.36 bits per heavy atom. The van der Waals surface area contributed by atoms with Gasteiger partial charge in [0.1, 0.15) is 0 Å². The van der Waals surface area contributed by atoms with E-state index in [9.17, 15) is 0 Å². The van der Waals surface area contributed by atoms with Gasteiger partial charge in [0.25, 0.3) is 0 Å². The Morgan fingerprint density at radius 2 is 2.14 bits per heavy atom. The predicted octanol–water partition coefficient (Wildman–Crippen LogP) is 2.24. The van der Waals surface area contributed by atoms with Gasteiger partial charge < -0.3 is 5.73 Å². The first-order chi connectivity index (χ1) is 6.74. The van der Waals surface area contributed by atoms with Crippen molar-refractivity contribution in [1.82, 2.24) is 4.90 Å². The molecule has 1 rings (SSSR count). The molecule has 0 spiro atoms. The molecule has 0 aromatic carbocycles. The number of hydrogen-bond donors (Lipinski definition) is 1. The minimum Gasteiger partial charge on any atom is -0.329 e. The second kappa shape index (κ2) is 6.41. The topological polar surface area (TPSA) is 29.3 Å². The van der Waals surface area contributed by atoms with Gasteiger partial charge in [0.15, 0.2) is 0 Å². The van der Waals surface area contributed by atoms with Gasteiger partial charge in [-0.1, -0.05) is 20.3 Å². The van der Waals surface area contributed by atoms with Gasteiger partial charge in [-0.05, 0) is 44.7 Å². The lowest BCUT2D eigenvalue weighted by Gasteiger charge is -2.35. The number of nitrogens with two attached hydrogens (primary N) is 1. The first-order valence-electron chi connectivity index (χ1n) is 6.18. The van der Waals surface area contributed by atoms with Crippen molar-refractivity contribution in [1.29, 1.82) is 0 Å². The Labute approximate surface area is 88.8 Å². The van der Waals surface area contributed by atoms with Gasteiger partial charge in [0.05, 0.1) is 0 Å². The van der Waals surface area contributed by atoms with E-state index in [1.807, 2.05) is 0 Å². The van der Waals surface area contributed by atoms with Crippen molar-refractivity contribution < 1.29 is 0 Å². The Morgan fingerprint density at radius 3 is 2.79 bits per heavy atom. The van der Waals surface area contributed by atoms with Crippen molar-refractivity contribution in [3.8, 4) is 0 Å². The Balaban J connectivity index is 2.19. The molecule has 1 atom stereocenters. The molecular formula is C12H26N2. The van der Waals surface area contributed by atoms with Crippen molar-refractivity contribution in [2.24, 2.45) is 11.7 Å². The molecule has 0 aromatic rings. The van der Waals surface area contributed by atoms with E-state index in [2.05, 4.69) is 18.7 Å². The van der Waals surface area contributed by atoms with Crippen LogP contribution in [0.1, 0.15) is 46.0 Å². The molecule has 2 heteroatoms. The summed E-state index contributed by atoms with van der Waals surface area (Å²) in [5.41, 5.74) is 5.78. The molecule has 0 aliphatic carbocycles. The molecule has 0 unspecified atom stereocenters. The molecule has 2 nitrogen and oxygen atoms in total. The van der Waals surface area contributed by atoms with Crippen LogP contribution >= 0.6 is 0 Å². The van der Waals surface area contributed by atoms with Crippen molar-refractivity contribution in [2.75, 3.05) is 19.6 Å². The summed E-state index contributed by atoms with van der Waals surface area (Å²) in [4.78, 5) is 2.60. The number of piperidine rings is 1. The third-order valence-electron chi connectivity index (χ3n) is 3.25. The zero-order valence-electron chi connectivity index (χ0n) is 9.84. The summed E-state index contributed by atoms with van der Waals surface area (Å²) in [6, 6.07) is 0.677. The molecule has 1 heterocycles. The van der Waals surface area contributed by atoms with E-state index >= 15 is 0 Å². The molecule has 2 N–H and O–H groups in total. The lowest BCUT2D eigenvalue weighted by molar-refractivity contribution is 0.148. The second-order valence-corrected chi connectivity index (χ2v) is 4.96. The summed E-state index contributed by atoms with van der Waals surface area (Å²) in [6.45, 7) is 7.99. The summed E-state index contributed by atoms with van der Waals surface area (Å²) in [5.74, 6) is 0.844. The minimum absolute atomic E-state index is 0.677. The van der Waals surface area contributed by atoms with Crippen LogP contribution in [-0.4, -0.2) is 30.6 Å². The van der Waals surface area contributed by atoms with Crippen molar-refractivity contribution >= 4 is 0 Å². The van der Waals surface area contributed by atoms with E-state index in [4.69, 9.17) is 5.73 Å². The molecule has 1 aliphatic heterocycles. The molecule has 0 radical (unpaired) electrons. The van der Waals surface area contributed by atoms with Gasteiger partial charge in [0, 0.05) is 12.6 Å². The molecule has 0 saturated carbocycles.